The van der Waals surface area contributed by atoms with Gasteiger partial charge in [-0.15, -0.1) is 11.8 Å². The van der Waals surface area contributed by atoms with Crippen molar-refractivity contribution in [2.24, 2.45) is 0 Å². The molecule has 0 aromatic heterocycles. The Morgan fingerprint density at radius 1 is 0.636 bits per heavy atom. The van der Waals surface area contributed by atoms with E-state index in [2.05, 4.69) is 16.0 Å². The van der Waals surface area contributed by atoms with Crippen molar-refractivity contribution in [1.82, 2.24) is 5.32 Å². The van der Waals surface area contributed by atoms with E-state index in [4.69, 9.17) is 0 Å². The average Bonchev–Trinajstić information content (AvgIpc) is 3.06. The molecular formula is C37H31N3O3S. The summed E-state index contributed by atoms with van der Waals surface area (Å²) < 4.78 is 0. The molecule has 0 saturated carbocycles. The Morgan fingerprint density at radius 3 is 1.86 bits per heavy atom. The molecule has 0 saturated heterocycles. The van der Waals surface area contributed by atoms with Crippen LogP contribution in [0.4, 0.5) is 11.4 Å². The summed E-state index contributed by atoms with van der Waals surface area (Å²) in [5.41, 5.74) is 5.90. The summed E-state index contributed by atoms with van der Waals surface area (Å²) in [6.45, 7) is 2.00. The van der Waals surface area contributed by atoms with Crippen molar-refractivity contribution in [3.8, 4) is 11.1 Å². The summed E-state index contributed by atoms with van der Waals surface area (Å²) in [7, 11) is 0. The molecule has 5 rings (SSSR count). The number of carbonyl (C=O) groups is 3. The Kier molecular flexibility index (Phi) is 10.0. The smallest absolute Gasteiger partial charge is 0.272 e. The van der Waals surface area contributed by atoms with E-state index in [1.807, 2.05) is 104 Å². The standard InChI is InChI=1S/C37H31N3O3S/c1-26-12-18-31(19-13-26)38-35(41)25-44-33-22-20-32(21-23-33)39-37(43)34(40-36(42)30-10-6-3-7-11-30)24-27-14-16-29(17-15-27)28-8-4-2-5-9-28/h2-24H,25H2,1H3,(H,38,41)(H,39,43)(H,40,42)/b34-24-. The highest BCUT2D eigenvalue weighted by atomic mass is 32.2. The molecule has 44 heavy (non-hydrogen) atoms. The second-order valence-electron chi connectivity index (χ2n) is 10.0. The van der Waals surface area contributed by atoms with Crippen LogP contribution in [-0.4, -0.2) is 23.5 Å². The Bertz CT molecular complexity index is 1750. The third-order valence-electron chi connectivity index (χ3n) is 6.68. The van der Waals surface area contributed by atoms with Gasteiger partial charge in [0.25, 0.3) is 11.8 Å². The summed E-state index contributed by atoms with van der Waals surface area (Å²) in [5.74, 6) is -0.694. The maximum Gasteiger partial charge on any atom is 0.272 e. The second-order valence-corrected chi connectivity index (χ2v) is 11.1. The topological polar surface area (TPSA) is 87.3 Å². The SMILES string of the molecule is Cc1ccc(NC(=O)CSc2ccc(NC(=O)/C(=C/c3ccc(-c4ccccc4)cc3)NC(=O)c3ccccc3)cc2)cc1. The number of thioether (sulfide) groups is 1. The van der Waals surface area contributed by atoms with Crippen molar-refractivity contribution in [2.45, 2.75) is 11.8 Å². The normalized spacial score (nSPS) is 11.0. The molecule has 0 aliphatic carbocycles. The lowest BCUT2D eigenvalue weighted by Crippen LogP contribution is -2.30. The van der Waals surface area contributed by atoms with Crippen LogP contribution in [0.5, 0.6) is 0 Å². The van der Waals surface area contributed by atoms with E-state index in [1.54, 1.807) is 42.5 Å². The number of amides is 3. The molecule has 7 heteroatoms. The largest absolute Gasteiger partial charge is 0.325 e. The lowest BCUT2D eigenvalue weighted by molar-refractivity contribution is -0.114. The fraction of sp³-hybridized carbons (Fsp3) is 0.0541. The van der Waals surface area contributed by atoms with Gasteiger partial charge in [0.05, 0.1) is 5.75 Å². The third kappa shape index (κ3) is 8.56. The fourth-order valence-corrected chi connectivity index (χ4v) is 5.03. The average molecular weight is 598 g/mol. The number of hydrogen-bond acceptors (Lipinski definition) is 4. The number of rotatable bonds is 10. The van der Waals surface area contributed by atoms with Crippen molar-refractivity contribution in [1.29, 1.82) is 0 Å². The lowest BCUT2D eigenvalue weighted by atomic mass is 10.0. The Morgan fingerprint density at radius 2 is 1.20 bits per heavy atom. The van der Waals surface area contributed by atoms with Gasteiger partial charge in [-0.3, -0.25) is 14.4 Å². The van der Waals surface area contributed by atoms with Crippen LogP contribution < -0.4 is 16.0 Å². The number of anilines is 2. The van der Waals surface area contributed by atoms with E-state index in [9.17, 15) is 14.4 Å². The molecule has 0 aliphatic rings. The van der Waals surface area contributed by atoms with Crippen LogP contribution in [0.15, 0.2) is 144 Å². The van der Waals surface area contributed by atoms with Crippen LogP contribution in [0.3, 0.4) is 0 Å². The molecule has 0 aliphatic heterocycles. The first-order valence-corrected chi connectivity index (χ1v) is 15.1. The predicted octanol–water partition coefficient (Wildman–Crippen LogP) is 7.80. The number of nitrogens with one attached hydrogen (secondary N) is 3. The maximum absolute atomic E-state index is 13.4. The van der Waals surface area contributed by atoms with Crippen LogP contribution in [0.25, 0.3) is 17.2 Å². The van der Waals surface area contributed by atoms with Gasteiger partial charge >= 0.3 is 0 Å². The molecule has 3 N–H and O–H groups in total. The minimum absolute atomic E-state index is 0.100. The molecule has 0 atom stereocenters. The Labute approximate surface area is 261 Å². The summed E-state index contributed by atoms with van der Waals surface area (Å²) in [6.07, 6.45) is 1.65. The highest BCUT2D eigenvalue weighted by Crippen LogP contribution is 2.23. The van der Waals surface area contributed by atoms with E-state index in [0.29, 0.717) is 11.3 Å². The van der Waals surface area contributed by atoms with Gasteiger partial charge in [-0.1, -0.05) is 90.5 Å². The summed E-state index contributed by atoms with van der Waals surface area (Å²) in [6, 6.07) is 41.4. The van der Waals surface area contributed by atoms with Crippen LogP contribution in [0.2, 0.25) is 0 Å². The molecular weight excluding hydrogens is 566 g/mol. The molecule has 0 bridgehead atoms. The number of aryl methyl sites for hydroxylation is 1. The van der Waals surface area contributed by atoms with Crippen molar-refractivity contribution in [3.05, 3.63) is 156 Å². The zero-order valence-corrected chi connectivity index (χ0v) is 24.9. The molecule has 0 fully saturated rings. The third-order valence-corrected chi connectivity index (χ3v) is 7.69. The van der Waals surface area contributed by atoms with Gasteiger partial charge in [0, 0.05) is 21.8 Å². The van der Waals surface area contributed by atoms with E-state index in [0.717, 1.165) is 32.8 Å². The van der Waals surface area contributed by atoms with Crippen molar-refractivity contribution < 1.29 is 14.4 Å². The van der Waals surface area contributed by atoms with Gasteiger partial charge in [0.2, 0.25) is 5.91 Å². The molecule has 0 heterocycles. The van der Waals surface area contributed by atoms with Crippen LogP contribution in [-0.2, 0) is 9.59 Å². The van der Waals surface area contributed by atoms with Crippen molar-refractivity contribution in [2.75, 3.05) is 16.4 Å². The molecule has 5 aromatic rings. The molecule has 0 radical (unpaired) electrons. The number of carbonyl (C=O) groups excluding carboxylic acids is 3. The van der Waals surface area contributed by atoms with Crippen molar-refractivity contribution in [3.63, 3.8) is 0 Å². The monoisotopic (exact) mass is 597 g/mol. The van der Waals surface area contributed by atoms with Gasteiger partial charge in [0.15, 0.2) is 0 Å². The van der Waals surface area contributed by atoms with Gasteiger partial charge in [0.1, 0.15) is 5.70 Å². The van der Waals surface area contributed by atoms with Gasteiger partial charge in [-0.25, -0.2) is 0 Å². The van der Waals surface area contributed by atoms with E-state index in [-0.39, 0.29) is 23.3 Å². The Hall–Kier alpha value is -5.40. The minimum atomic E-state index is -0.459. The van der Waals surface area contributed by atoms with Crippen LogP contribution in [0.1, 0.15) is 21.5 Å². The van der Waals surface area contributed by atoms with E-state index >= 15 is 0 Å². The van der Waals surface area contributed by atoms with Gasteiger partial charge in [-0.2, -0.15) is 0 Å². The number of hydrogen-bond donors (Lipinski definition) is 3. The summed E-state index contributed by atoms with van der Waals surface area (Å²) in [4.78, 5) is 39.6. The zero-order chi connectivity index (χ0) is 30.7. The highest BCUT2D eigenvalue weighted by Gasteiger charge is 2.15. The zero-order valence-electron chi connectivity index (χ0n) is 24.1. The van der Waals surface area contributed by atoms with E-state index < -0.39 is 5.91 Å². The van der Waals surface area contributed by atoms with Crippen LogP contribution in [0, 0.1) is 6.92 Å². The quantitative estimate of drug-likeness (QED) is 0.113. The first-order chi connectivity index (χ1) is 21.4. The van der Waals surface area contributed by atoms with Gasteiger partial charge in [-0.05, 0) is 78.2 Å². The molecule has 0 spiro atoms. The van der Waals surface area contributed by atoms with Crippen LogP contribution >= 0.6 is 11.8 Å². The first-order valence-electron chi connectivity index (χ1n) is 14.1. The second kappa shape index (κ2) is 14.7. The minimum Gasteiger partial charge on any atom is -0.325 e. The molecule has 5 aromatic carbocycles. The molecule has 0 unspecified atom stereocenters. The number of benzene rings is 5. The maximum atomic E-state index is 13.4. The predicted molar refractivity (Wildman–Crippen MR) is 179 cm³/mol. The van der Waals surface area contributed by atoms with Crippen molar-refractivity contribution >= 4 is 46.9 Å². The van der Waals surface area contributed by atoms with E-state index in [1.165, 1.54) is 11.8 Å². The molecule has 218 valence electrons. The lowest BCUT2D eigenvalue weighted by Gasteiger charge is -2.12. The fourth-order valence-electron chi connectivity index (χ4n) is 4.33. The summed E-state index contributed by atoms with van der Waals surface area (Å²) in [5, 5.41) is 8.54. The van der Waals surface area contributed by atoms with Gasteiger partial charge < -0.3 is 16.0 Å². The Balaban J connectivity index is 1.26. The molecule has 3 amide bonds. The summed E-state index contributed by atoms with van der Waals surface area (Å²) >= 11 is 1.40. The first kappa shape index (κ1) is 30.1. The highest BCUT2D eigenvalue weighted by molar-refractivity contribution is 8.00. The molecule has 6 nitrogen and oxygen atoms in total.